The summed E-state index contributed by atoms with van der Waals surface area (Å²) in [6.07, 6.45) is 2.00. The molecule has 3 aliphatic heterocycles. The molecular formula is C64H64Ir3N3O2-3. The number of hydrogen-bond acceptors (Lipinski definition) is 5. The van der Waals surface area contributed by atoms with Crippen molar-refractivity contribution in [2.24, 2.45) is 20.4 Å². The second-order valence-corrected chi connectivity index (χ2v) is 21.1. The Labute approximate surface area is 469 Å². The predicted molar refractivity (Wildman–Crippen MR) is 285 cm³/mol. The van der Waals surface area contributed by atoms with E-state index in [2.05, 4.69) is 171 Å². The number of carbonyl (C=O) groups is 1. The van der Waals surface area contributed by atoms with E-state index in [4.69, 9.17) is 19.7 Å². The van der Waals surface area contributed by atoms with Gasteiger partial charge < -0.3 is 19.7 Å². The molecule has 0 amide bonds. The molecule has 10 rings (SSSR count). The maximum Gasteiger partial charge on any atom is 0.338 e. The van der Waals surface area contributed by atoms with Crippen LogP contribution in [-0.4, -0.2) is 34.2 Å². The van der Waals surface area contributed by atoms with Gasteiger partial charge in [-0.05, 0) is 122 Å². The van der Waals surface area contributed by atoms with Crippen LogP contribution in [0.25, 0.3) is 11.1 Å². The number of esters is 1. The molecule has 7 aromatic carbocycles. The van der Waals surface area contributed by atoms with Gasteiger partial charge in [0.25, 0.3) is 0 Å². The van der Waals surface area contributed by atoms with E-state index in [1.165, 1.54) is 39.1 Å². The van der Waals surface area contributed by atoms with E-state index >= 15 is 0 Å². The molecule has 0 aliphatic carbocycles. The maximum atomic E-state index is 12.4. The minimum absolute atomic E-state index is 0. The third-order valence-corrected chi connectivity index (χ3v) is 13.3. The van der Waals surface area contributed by atoms with Crippen LogP contribution in [0.5, 0.6) is 0 Å². The van der Waals surface area contributed by atoms with Crippen molar-refractivity contribution in [1.29, 1.82) is 0 Å². The molecule has 5 nitrogen and oxygen atoms in total. The van der Waals surface area contributed by atoms with Gasteiger partial charge >= 0.3 is 5.97 Å². The molecular weight excluding hydrogens is 1420 g/mol. The van der Waals surface area contributed by atoms with Gasteiger partial charge in [0.1, 0.15) is 5.60 Å². The van der Waals surface area contributed by atoms with Crippen molar-refractivity contribution in [2.45, 2.75) is 111 Å². The van der Waals surface area contributed by atoms with E-state index in [0.29, 0.717) is 12.1 Å². The van der Waals surface area contributed by atoms with Crippen molar-refractivity contribution in [1.82, 2.24) is 0 Å². The minimum atomic E-state index is -0.789. The molecule has 0 saturated carbocycles. The first-order chi connectivity index (χ1) is 32.9. The molecule has 3 radical (unpaired) electrons. The van der Waals surface area contributed by atoms with Crippen LogP contribution < -0.4 is 0 Å². The van der Waals surface area contributed by atoms with Crippen molar-refractivity contribution in [3.8, 4) is 11.1 Å². The summed E-state index contributed by atoms with van der Waals surface area (Å²) in [5.41, 5.74) is 14.1. The molecule has 3 heterocycles. The number of benzene rings is 7. The standard InChI is InChI=1S/C25H24N.C21H24N.C18H16NO2.3Ir/c1-24(2)21-16-10-8-14-19(21)20-15-9-11-17-22(20)25(3,4)26-23(24)18-12-6-5-7-13-18;1-20(2)14-17-12-8-9-13-18(17)15-21(3,4)22-19(20)16-10-6-5-7-11-16;1-18(2)16(13-8-4-3-5-9-13)19-12-14-10-6-7-11-15(14)17(20)21-18;;;/h5-12,14-17H,1-4H3;5-10,12-13H,14-15H2,1-4H3;3-8,10-11H,12H2,1-2H3;;;/q3*-1;;;. The van der Waals surface area contributed by atoms with E-state index in [0.717, 1.165) is 46.5 Å². The molecule has 0 saturated heterocycles. The number of fused-ring (bicyclic) bond motifs is 5. The van der Waals surface area contributed by atoms with Crippen molar-refractivity contribution in [3.63, 3.8) is 0 Å². The zero-order chi connectivity index (χ0) is 49.0. The van der Waals surface area contributed by atoms with Gasteiger partial charge in [-0.15, -0.1) is 108 Å². The first-order valence-corrected chi connectivity index (χ1v) is 24.1. The fourth-order valence-corrected chi connectivity index (χ4v) is 9.94. The van der Waals surface area contributed by atoms with Crippen LogP contribution >= 0.6 is 0 Å². The average molecular weight is 1480 g/mol. The third-order valence-electron chi connectivity index (χ3n) is 13.3. The summed E-state index contributed by atoms with van der Waals surface area (Å²) in [7, 11) is 0. The van der Waals surface area contributed by atoms with Crippen molar-refractivity contribution in [2.75, 3.05) is 0 Å². The van der Waals surface area contributed by atoms with Gasteiger partial charge in [-0.3, -0.25) is 0 Å². The Kier molecular flexibility index (Phi) is 19.2. The zero-order valence-electron chi connectivity index (χ0n) is 42.9. The van der Waals surface area contributed by atoms with Gasteiger partial charge in [-0.25, -0.2) is 4.79 Å². The second-order valence-electron chi connectivity index (χ2n) is 21.1. The fourth-order valence-electron chi connectivity index (χ4n) is 9.94. The van der Waals surface area contributed by atoms with Gasteiger partial charge in [0, 0.05) is 71.6 Å². The molecule has 0 bridgehead atoms. The van der Waals surface area contributed by atoms with Gasteiger partial charge in [0.05, 0.1) is 17.6 Å². The zero-order valence-corrected chi connectivity index (χ0v) is 50.1. The molecule has 72 heavy (non-hydrogen) atoms. The van der Waals surface area contributed by atoms with Crippen molar-refractivity contribution in [3.05, 3.63) is 238 Å². The summed E-state index contributed by atoms with van der Waals surface area (Å²) < 4.78 is 5.68. The van der Waals surface area contributed by atoms with Crippen LogP contribution in [0.3, 0.4) is 0 Å². The second kappa shape index (κ2) is 23.9. The van der Waals surface area contributed by atoms with Gasteiger partial charge in [-0.1, -0.05) is 119 Å². The fraction of sp³-hybridized carbons (Fsp3) is 0.281. The van der Waals surface area contributed by atoms with Gasteiger partial charge in [0.2, 0.25) is 0 Å². The van der Waals surface area contributed by atoms with Crippen LogP contribution in [-0.2, 0) is 95.4 Å². The third kappa shape index (κ3) is 13.0. The summed E-state index contributed by atoms with van der Waals surface area (Å²) in [5.74, 6) is -0.307. The number of ether oxygens (including phenoxy) is 1. The molecule has 0 aromatic heterocycles. The topological polar surface area (TPSA) is 63.4 Å². The van der Waals surface area contributed by atoms with E-state index in [1.807, 2.05) is 80.6 Å². The summed E-state index contributed by atoms with van der Waals surface area (Å²) in [6, 6.07) is 67.5. The summed E-state index contributed by atoms with van der Waals surface area (Å²) in [4.78, 5) is 27.5. The number of aliphatic imine (C=N–C) groups is 3. The summed E-state index contributed by atoms with van der Waals surface area (Å²) >= 11 is 0. The van der Waals surface area contributed by atoms with E-state index in [9.17, 15) is 4.79 Å². The quantitative estimate of drug-likeness (QED) is 0.131. The van der Waals surface area contributed by atoms with Crippen LogP contribution in [0.1, 0.15) is 124 Å². The molecule has 3 aliphatic rings. The molecule has 7 aromatic rings. The number of carbonyl (C=O) groups excluding carboxylic acids is 1. The van der Waals surface area contributed by atoms with E-state index in [-0.39, 0.29) is 88.2 Å². The molecule has 0 spiro atoms. The average Bonchev–Trinajstić information content (AvgIpc) is 3.33. The molecule has 0 fully saturated rings. The van der Waals surface area contributed by atoms with Crippen LogP contribution in [0.2, 0.25) is 0 Å². The molecule has 0 unspecified atom stereocenters. The number of rotatable bonds is 3. The Bertz CT molecular complexity index is 3050. The Morgan fingerprint density at radius 2 is 0.875 bits per heavy atom. The largest absolute Gasteiger partial charge is 0.459 e. The first-order valence-electron chi connectivity index (χ1n) is 24.1. The molecule has 377 valence electrons. The Balaban J connectivity index is 0.000000198. The minimum Gasteiger partial charge on any atom is -0.459 e. The Hall–Kier alpha value is -5.03. The predicted octanol–water partition coefficient (Wildman–Crippen LogP) is 14.5. The van der Waals surface area contributed by atoms with Crippen molar-refractivity contribution >= 4 is 23.1 Å². The molecule has 0 N–H and O–H groups in total. The Morgan fingerprint density at radius 1 is 0.444 bits per heavy atom. The number of nitrogens with zero attached hydrogens (tertiary/aromatic N) is 3. The van der Waals surface area contributed by atoms with Crippen LogP contribution in [0, 0.1) is 23.6 Å². The molecule has 8 heteroatoms. The summed E-state index contributed by atoms with van der Waals surface area (Å²) in [6.45, 7) is 22.2. The monoisotopic (exact) mass is 1490 g/mol. The smallest absolute Gasteiger partial charge is 0.338 e. The van der Waals surface area contributed by atoms with E-state index < -0.39 is 5.60 Å². The Morgan fingerprint density at radius 3 is 1.42 bits per heavy atom. The number of cyclic esters (lactones) is 1. The summed E-state index contributed by atoms with van der Waals surface area (Å²) in [5, 5.41) is 0. The van der Waals surface area contributed by atoms with Crippen molar-refractivity contribution < 1.29 is 69.8 Å². The molecule has 0 atom stereocenters. The van der Waals surface area contributed by atoms with E-state index in [1.54, 1.807) is 6.07 Å². The van der Waals surface area contributed by atoms with Gasteiger partial charge in [-0.2, -0.15) is 0 Å². The maximum absolute atomic E-state index is 12.4. The van der Waals surface area contributed by atoms with Crippen LogP contribution in [0.15, 0.2) is 185 Å². The normalized spacial score (nSPS) is 17.2. The first kappa shape index (κ1) is 57.9. The SMILES string of the molecule is CC1(C)Cc2ccccc2CC(C)(C)C(c2[c-]cccc2)=N1.CC1(C)N=C(c2[c-]cccc2)C(C)(C)c2ccccc2-c2ccccc21.CC1(C)OC(=O)c2ccccc2CN=C1c1[c-]cccc1.[Ir].[Ir].[Ir]. The van der Waals surface area contributed by atoms with Crippen LogP contribution in [0.4, 0.5) is 0 Å². The number of hydrogen-bond donors (Lipinski definition) is 0. The van der Waals surface area contributed by atoms with Gasteiger partial charge in [0.15, 0.2) is 0 Å².